The number of benzene rings is 2. The Morgan fingerprint density at radius 1 is 1.26 bits per heavy atom. The molecule has 0 fully saturated rings. The maximum atomic E-state index is 12.2. The van der Waals surface area contributed by atoms with Crippen molar-refractivity contribution in [3.63, 3.8) is 0 Å². The molecule has 0 bridgehead atoms. The van der Waals surface area contributed by atoms with Crippen molar-refractivity contribution in [2.24, 2.45) is 5.92 Å². The molecule has 1 N–H and O–H groups in total. The molecule has 2 aromatic carbocycles. The zero-order valence-electron chi connectivity index (χ0n) is 15.8. The van der Waals surface area contributed by atoms with E-state index in [4.69, 9.17) is 14.2 Å². The molecule has 5 nitrogen and oxygen atoms in total. The number of fused-ring (bicyclic) bond motifs is 4. The van der Waals surface area contributed by atoms with Gasteiger partial charge in [0.2, 0.25) is 0 Å². The summed E-state index contributed by atoms with van der Waals surface area (Å²) in [6, 6.07) is 10.0. The molecule has 0 unspecified atom stereocenters. The van der Waals surface area contributed by atoms with Crippen molar-refractivity contribution in [1.29, 1.82) is 0 Å². The van der Waals surface area contributed by atoms with Gasteiger partial charge < -0.3 is 19.5 Å². The molecule has 0 saturated carbocycles. The van der Waals surface area contributed by atoms with E-state index >= 15 is 0 Å². The highest BCUT2D eigenvalue weighted by Crippen LogP contribution is 2.53. The van der Waals surface area contributed by atoms with Gasteiger partial charge in [0.25, 0.3) is 0 Å². The first-order chi connectivity index (χ1) is 12.9. The topological polar surface area (TPSA) is 56.8 Å². The van der Waals surface area contributed by atoms with E-state index < -0.39 is 5.97 Å². The molecule has 2 atom stereocenters. The fourth-order valence-electron chi connectivity index (χ4n) is 4.23. The third-order valence-corrected chi connectivity index (χ3v) is 6.30. The smallest absolute Gasteiger partial charge is 0.341 e. The predicted molar refractivity (Wildman–Crippen MR) is 107 cm³/mol. The van der Waals surface area contributed by atoms with E-state index in [0.29, 0.717) is 17.9 Å². The number of carbonyl (C=O) groups excluding carboxylic acids is 1. The molecular weight excluding hydrogens is 410 g/mol. The first kappa shape index (κ1) is 18.2. The Morgan fingerprint density at radius 3 is 2.74 bits per heavy atom. The second kappa shape index (κ2) is 6.44. The van der Waals surface area contributed by atoms with Crippen molar-refractivity contribution in [3.8, 4) is 11.5 Å². The van der Waals surface area contributed by atoms with Crippen molar-refractivity contribution < 1.29 is 19.0 Å². The van der Waals surface area contributed by atoms with Crippen LogP contribution in [0.1, 0.15) is 41.4 Å². The van der Waals surface area contributed by atoms with E-state index in [0.717, 1.165) is 27.0 Å². The van der Waals surface area contributed by atoms with Crippen molar-refractivity contribution in [1.82, 2.24) is 0 Å². The largest absolute Gasteiger partial charge is 0.496 e. The number of carbonyl (C=O) groups is 1. The van der Waals surface area contributed by atoms with Gasteiger partial charge >= 0.3 is 5.97 Å². The summed E-state index contributed by atoms with van der Waals surface area (Å²) < 4.78 is 17.5. The summed E-state index contributed by atoms with van der Waals surface area (Å²) in [7, 11) is 2.94. The average Bonchev–Trinajstić information content (AvgIpc) is 2.66. The molecule has 2 aromatic rings. The summed E-state index contributed by atoms with van der Waals surface area (Å²) in [4.78, 5) is 12.2. The number of esters is 1. The van der Waals surface area contributed by atoms with Crippen LogP contribution in [0, 0.1) is 5.92 Å². The lowest BCUT2D eigenvalue weighted by molar-refractivity contribution is 0.0596. The normalized spacial score (nSPS) is 21.7. The number of ether oxygens (including phenoxy) is 3. The number of anilines is 1. The van der Waals surface area contributed by atoms with Crippen LogP contribution in [0.25, 0.3) is 0 Å². The SMILES string of the molecule is COC(=O)c1cc2c(cc1OC)N[C@H]1c3cc(Br)ccc3OC[C@H]1C2(C)C. The molecule has 0 amide bonds. The molecule has 0 saturated heterocycles. The molecule has 27 heavy (non-hydrogen) atoms. The molecule has 2 aliphatic heterocycles. The van der Waals surface area contributed by atoms with Crippen LogP contribution in [0.5, 0.6) is 11.5 Å². The minimum atomic E-state index is -0.401. The lowest BCUT2D eigenvalue weighted by Crippen LogP contribution is -2.46. The predicted octanol–water partition coefficient (Wildman–Crippen LogP) is 4.70. The average molecular weight is 432 g/mol. The van der Waals surface area contributed by atoms with Gasteiger partial charge in [-0.1, -0.05) is 29.8 Å². The summed E-state index contributed by atoms with van der Waals surface area (Å²) in [5, 5.41) is 3.66. The van der Waals surface area contributed by atoms with Crippen LogP contribution in [-0.4, -0.2) is 26.8 Å². The molecule has 0 radical (unpaired) electrons. The van der Waals surface area contributed by atoms with Crippen LogP contribution in [0.4, 0.5) is 5.69 Å². The molecule has 142 valence electrons. The Kier molecular flexibility index (Phi) is 4.34. The zero-order valence-corrected chi connectivity index (χ0v) is 17.3. The molecule has 6 heteroatoms. The fraction of sp³-hybridized carbons (Fsp3) is 0.381. The summed E-state index contributed by atoms with van der Waals surface area (Å²) in [6.45, 7) is 5.01. The summed E-state index contributed by atoms with van der Waals surface area (Å²) in [6.07, 6.45) is 0. The van der Waals surface area contributed by atoms with Crippen molar-refractivity contribution in [3.05, 3.63) is 51.5 Å². The van der Waals surface area contributed by atoms with Gasteiger partial charge in [-0.25, -0.2) is 4.79 Å². The van der Waals surface area contributed by atoms with Crippen LogP contribution in [0.15, 0.2) is 34.8 Å². The van der Waals surface area contributed by atoms with Crippen molar-refractivity contribution in [2.75, 3.05) is 26.1 Å². The van der Waals surface area contributed by atoms with Crippen molar-refractivity contribution >= 4 is 27.6 Å². The Balaban J connectivity index is 1.87. The first-order valence-corrected chi connectivity index (χ1v) is 9.65. The van der Waals surface area contributed by atoms with Crippen LogP contribution >= 0.6 is 15.9 Å². The van der Waals surface area contributed by atoms with E-state index in [9.17, 15) is 4.79 Å². The number of halogens is 1. The number of hydrogen-bond acceptors (Lipinski definition) is 5. The zero-order chi connectivity index (χ0) is 19.3. The van der Waals surface area contributed by atoms with Gasteiger partial charge in [-0.05, 0) is 29.8 Å². The summed E-state index contributed by atoms with van der Waals surface area (Å²) in [5.41, 5.74) is 3.40. The minimum absolute atomic E-state index is 0.113. The van der Waals surface area contributed by atoms with Gasteiger partial charge in [-0.15, -0.1) is 0 Å². The Morgan fingerprint density at radius 2 is 2.04 bits per heavy atom. The molecule has 2 aliphatic rings. The number of nitrogens with one attached hydrogen (secondary N) is 1. The lowest BCUT2D eigenvalue weighted by Gasteiger charge is -2.48. The van der Waals surface area contributed by atoms with E-state index in [-0.39, 0.29) is 17.4 Å². The van der Waals surface area contributed by atoms with Gasteiger partial charge in [0.15, 0.2) is 0 Å². The lowest BCUT2D eigenvalue weighted by atomic mass is 9.65. The van der Waals surface area contributed by atoms with Gasteiger partial charge in [-0.2, -0.15) is 0 Å². The number of methoxy groups -OCH3 is 2. The number of rotatable bonds is 2. The molecule has 0 aliphatic carbocycles. The van der Waals surface area contributed by atoms with E-state index in [1.165, 1.54) is 7.11 Å². The highest BCUT2D eigenvalue weighted by atomic mass is 79.9. The molecule has 0 spiro atoms. The van der Waals surface area contributed by atoms with Crippen molar-refractivity contribution in [2.45, 2.75) is 25.3 Å². The van der Waals surface area contributed by atoms with Crippen LogP contribution in [0.3, 0.4) is 0 Å². The maximum Gasteiger partial charge on any atom is 0.341 e. The summed E-state index contributed by atoms with van der Waals surface area (Å²) in [5.74, 6) is 1.22. The Labute approximate surface area is 167 Å². The fourth-order valence-corrected chi connectivity index (χ4v) is 4.61. The molecule has 4 rings (SSSR count). The van der Waals surface area contributed by atoms with Crippen LogP contribution in [-0.2, 0) is 10.2 Å². The van der Waals surface area contributed by atoms with E-state index in [1.807, 2.05) is 24.3 Å². The van der Waals surface area contributed by atoms with Crippen LogP contribution in [0.2, 0.25) is 0 Å². The molecule has 0 aromatic heterocycles. The standard InChI is InChI=1S/C21H22BrNO4/c1-21(2)14-8-13(20(24)26-4)18(25-3)9-16(14)23-19-12-7-11(22)5-6-17(12)27-10-15(19)21/h5-9,15,19,23H,10H2,1-4H3/t15-,19+/m1/s1. The minimum Gasteiger partial charge on any atom is -0.496 e. The van der Waals surface area contributed by atoms with Gasteiger partial charge in [0, 0.05) is 33.1 Å². The van der Waals surface area contributed by atoms with Gasteiger partial charge in [-0.3, -0.25) is 0 Å². The van der Waals surface area contributed by atoms with E-state index in [1.54, 1.807) is 7.11 Å². The highest BCUT2D eigenvalue weighted by Gasteiger charge is 2.47. The van der Waals surface area contributed by atoms with Crippen LogP contribution < -0.4 is 14.8 Å². The third-order valence-electron chi connectivity index (χ3n) is 5.80. The summed E-state index contributed by atoms with van der Waals surface area (Å²) >= 11 is 3.57. The first-order valence-electron chi connectivity index (χ1n) is 8.86. The maximum absolute atomic E-state index is 12.2. The number of hydrogen-bond donors (Lipinski definition) is 1. The highest BCUT2D eigenvalue weighted by molar-refractivity contribution is 9.10. The second-order valence-corrected chi connectivity index (χ2v) is 8.45. The molecular formula is C21H22BrNO4. The second-order valence-electron chi connectivity index (χ2n) is 7.53. The van der Waals surface area contributed by atoms with Gasteiger partial charge in [0.1, 0.15) is 17.1 Å². The Bertz CT molecular complexity index is 925. The Hall–Kier alpha value is -2.21. The van der Waals surface area contributed by atoms with Gasteiger partial charge in [0.05, 0.1) is 26.9 Å². The third kappa shape index (κ3) is 2.78. The molecule has 2 heterocycles. The monoisotopic (exact) mass is 431 g/mol. The quantitative estimate of drug-likeness (QED) is 0.698. The van der Waals surface area contributed by atoms with E-state index in [2.05, 4.69) is 41.2 Å².